The maximum absolute atomic E-state index is 6.85. The average Bonchev–Trinajstić information content (AvgIpc) is 3.82. The van der Waals surface area contributed by atoms with Crippen molar-refractivity contribution in [2.75, 3.05) is 0 Å². The SMILES string of the molecule is c1ccc(-c2nc(-c3ccccc3)nc(-c3ccc(-c4cc5c6cccc(-c7ccc8oc9ccccc9c8c7)c6oc5c5ccccc45)cc3)n2)cc1. The van der Waals surface area contributed by atoms with E-state index in [1.54, 1.807) is 0 Å². The first-order valence-electron chi connectivity index (χ1n) is 18.0. The van der Waals surface area contributed by atoms with Crippen molar-refractivity contribution in [1.82, 2.24) is 15.0 Å². The Labute approximate surface area is 309 Å². The predicted molar refractivity (Wildman–Crippen MR) is 219 cm³/mol. The Hall–Kier alpha value is -7.37. The Kier molecular flexibility index (Phi) is 6.79. The van der Waals surface area contributed by atoms with Crippen molar-refractivity contribution >= 4 is 54.6 Å². The minimum atomic E-state index is 0.629. The van der Waals surface area contributed by atoms with Crippen molar-refractivity contribution in [3.8, 4) is 56.4 Å². The molecule has 0 N–H and O–H groups in total. The van der Waals surface area contributed by atoms with E-state index in [0.717, 1.165) is 93.6 Å². The van der Waals surface area contributed by atoms with Gasteiger partial charge in [-0.3, -0.25) is 0 Å². The second kappa shape index (κ2) is 12.1. The van der Waals surface area contributed by atoms with Gasteiger partial charge in [-0.05, 0) is 46.3 Å². The van der Waals surface area contributed by atoms with Crippen molar-refractivity contribution < 1.29 is 8.83 Å². The van der Waals surface area contributed by atoms with Crippen LogP contribution in [0.25, 0.3) is 111 Å². The van der Waals surface area contributed by atoms with Crippen LogP contribution in [0.4, 0.5) is 0 Å². The number of hydrogen-bond acceptors (Lipinski definition) is 5. The highest BCUT2D eigenvalue weighted by atomic mass is 16.3. The molecule has 0 aliphatic rings. The molecule has 0 bridgehead atoms. The Morgan fingerprint density at radius 3 is 1.50 bits per heavy atom. The molecule has 5 nitrogen and oxygen atoms in total. The van der Waals surface area contributed by atoms with Gasteiger partial charge in [0.2, 0.25) is 0 Å². The third-order valence-electron chi connectivity index (χ3n) is 10.3. The molecule has 0 atom stereocenters. The van der Waals surface area contributed by atoms with E-state index in [4.69, 9.17) is 23.8 Å². The van der Waals surface area contributed by atoms with Crippen LogP contribution in [0.1, 0.15) is 0 Å². The second-order valence-corrected chi connectivity index (χ2v) is 13.6. The lowest BCUT2D eigenvalue weighted by molar-refractivity contribution is 0.668. The Morgan fingerprint density at radius 2 is 0.796 bits per heavy atom. The predicted octanol–water partition coefficient (Wildman–Crippen LogP) is 13.2. The molecule has 0 aliphatic carbocycles. The van der Waals surface area contributed by atoms with Crippen molar-refractivity contribution in [2.24, 2.45) is 0 Å². The van der Waals surface area contributed by atoms with Crippen molar-refractivity contribution in [2.45, 2.75) is 0 Å². The van der Waals surface area contributed by atoms with Crippen LogP contribution in [0, 0.1) is 0 Å². The van der Waals surface area contributed by atoms with Gasteiger partial charge in [0.1, 0.15) is 22.3 Å². The van der Waals surface area contributed by atoms with E-state index in [1.807, 2.05) is 72.8 Å². The second-order valence-electron chi connectivity index (χ2n) is 13.6. The van der Waals surface area contributed by atoms with Gasteiger partial charge >= 0.3 is 0 Å². The van der Waals surface area contributed by atoms with E-state index in [-0.39, 0.29) is 0 Å². The molecular formula is C49H29N3O2. The molecule has 3 aromatic heterocycles. The third-order valence-corrected chi connectivity index (χ3v) is 10.3. The number of fused-ring (bicyclic) bond motifs is 8. The molecule has 0 spiro atoms. The van der Waals surface area contributed by atoms with E-state index >= 15 is 0 Å². The van der Waals surface area contributed by atoms with Gasteiger partial charge in [-0.2, -0.15) is 0 Å². The van der Waals surface area contributed by atoms with Gasteiger partial charge in [-0.15, -0.1) is 0 Å². The monoisotopic (exact) mass is 691 g/mol. The van der Waals surface area contributed by atoms with Gasteiger partial charge in [0.15, 0.2) is 17.5 Å². The summed E-state index contributed by atoms with van der Waals surface area (Å²) in [6.07, 6.45) is 0. The first-order valence-corrected chi connectivity index (χ1v) is 18.0. The zero-order valence-electron chi connectivity index (χ0n) is 28.9. The first-order chi connectivity index (χ1) is 26.7. The highest BCUT2D eigenvalue weighted by Crippen LogP contribution is 2.43. The van der Waals surface area contributed by atoms with E-state index in [0.29, 0.717) is 17.5 Å². The smallest absolute Gasteiger partial charge is 0.164 e. The summed E-state index contributed by atoms with van der Waals surface area (Å²) < 4.78 is 13.0. The molecule has 11 rings (SSSR count). The van der Waals surface area contributed by atoms with Crippen molar-refractivity contribution in [1.29, 1.82) is 0 Å². The molecule has 54 heavy (non-hydrogen) atoms. The van der Waals surface area contributed by atoms with E-state index in [1.165, 1.54) is 0 Å². The van der Waals surface area contributed by atoms with Gasteiger partial charge in [0.05, 0.1) is 0 Å². The maximum Gasteiger partial charge on any atom is 0.164 e. The highest BCUT2D eigenvalue weighted by Gasteiger charge is 2.19. The zero-order valence-corrected chi connectivity index (χ0v) is 28.9. The number of rotatable bonds is 5. The number of furan rings is 2. The lowest BCUT2D eigenvalue weighted by atomic mass is 9.94. The molecule has 0 radical (unpaired) electrons. The molecular weight excluding hydrogens is 663 g/mol. The van der Waals surface area contributed by atoms with Gasteiger partial charge in [-0.25, -0.2) is 15.0 Å². The Morgan fingerprint density at radius 1 is 0.278 bits per heavy atom. The molecule has 5 heteroatoms. The standard InChI is InChI=1S/C49H29N3O2/c1-3-12-31(13-4-1)47-50-48(32-14-5-2-6-15-32)52-49(51-47)33-24-22-30(23-25-33)40-29-42-39-20-11-19-35(45(39)54-46(42)38-18-8-7-16-36(38)40)34-26-27-44-41(28-34)37-17-9-10-21-43(37)53-44/h1-29H. The summed E-state index contributed by atoms with van der Waals surface area (Å²) >= 11 is 0. The summed E-state index contributed by atoms with van der Waals surface area (Å²) in [7, 11) is 0. The minimum absolute atomic E-state index is 0.629. The fourth-order valence-electron chi connectivity index (χ4n) is 7.72. The third kappa shape index (κ3) is 4.90. The van der Waals surface area contributed by atoms with Crippen LogP contribution in [0.3, 0.4) is 0 Å². The number of aromatic nitrogens is 3. The lowest BCUT2D eigenvalue weighted by Gasteiger charge is -2.10. The Balaban J connectivity index is 1.04. The van der Waals surface area contributed by atoms with E-state index < -0.39 is 0 Å². The quantitative estimate of drug-likeness (QED) is 0.180. The zero-order chi connectivity index (χ0) is 35.6. The van der Waals surface area contributed by atoms with Crippen LogP contribution in [-0.4, -0.2) is 15.0 Å². The van der Waals surface area contributed by atoms with E-state index in [2.05, 4.69) is 103 Å². The molecule has 0 unspecified atom stereocenters. The summed E-state index contributed by atoms with van der Waals surface area (Å²) in [6, 6.07) is 60.4. The van der Waals surface area contributed by atoms with Crippen LogP contribution in [0.2, 0.25) is 0 Å². The van der Waals surface area contributed by atoms with Crippen molar-refractivity contribution in [3.63, 3.8) is 0 Å². The molecule has 0 fully saturated rings. The molecule has 0 saturated carbocycles. The van der Waals surface area contributed by atoms with Crippen LogP contribution in [0.5, 0.6) is 0 Å². The summed E-state index contributed by atoms with van der Waals surface area (Å²) in [6.45, 7) is 0. The van der Waals surface area contributed by atoms with E-state index in [9.17, 15) is 0 Å². The fourth-order valence-corrected chi connectivity index (χ4v) is 7.72. The van der Waals surface area contributed by atoms with Gasteiger partial charge in [0.25, 0.3) is 0 Å². The summed E-state index contributed by atoms with van der Waals surface area (Å²) in [4.78, 5) is 14.7. The Bertz CT molecular complexity index is 3140. The van der Waals surface area contributed by atoms with Crippen LogP contribution in [-0.2, 0) is 0 Å². The topological polar surface area (TPSA) is 65.0 Å². The fraction of sp³-hybridized carbons (Fsp3) is 0. The summed E-state index contributed by atoms with van der Waals surface area (Å²) in [5, 5.41) is 6.56. The minimum Gasteiger partial charge on any atom is -0.456 e. The van der Waals surface area contributed by atoms with Gasteiger partial charge in [0, 0.05) is 49.2 Å². The molecule has 252 valence electrons. The summed E-state index contributed by atoms with van der Waals surface area (Å²) in [5.74, 6) is 1.91. The van der Waals surface area contributed by atoms with Crippen molar-refractivity contribution in [3.05, 3.63) is 176 Å². The molecule has 0 amide bonds. The van der Waals surface area contributed by atoms with Crippen LogP contribution in [0.15, 0.2) is 185 Å². The number of benzene rings is 8. The average molecular weight is 692 g/mol. The first kappa shape index (κ1) is 30.3. The molecule has 8 aromatic carbocycles. The van der Waals surface area contributed by atoms with Crippen LogP contribution < -0.4 is 0 Å². The number of nitrogens with zero attached hydrogens (tertiary/aromatic N) is 3. The molecule has 0 aliphatic heterocycles. The van der Waals surface area contributed by atoms with Crippen LogP contribution >= 0.6 is 0 Å². The maximum atomic E-state index is 6.85. The number of hydrogen-bond donors (Lipinski definition) is 0. The largest absolute Gasteiger partial charge is 0.456 e. The normalized spacial score (nSPS) is 11.7. The molecule has 0 saturated heterocycles. The summed E-state index contributed by atoms with van der Waals surface area (Å²) in [5.41, 5.74) is 10.7. The number of para-hydroxylation sites is 2. The molecule has 11 aromatic rings. The lowest BCUT2D eigenvalue weighted by Crippen LogP contribution is -2.00. The highest BCUT2D eigenvalue weighted by molar-refractivity contribution is 6.21. The molecule has 3 heterocycles. The van der Waals surface area contributed by atoms with Gasteiger partial charge in [-0.1, -0.05) is 152 Å². The van der Waals surface area contributed by atoms with Gasteiger partial charge < -0.3 is 8.83 Å².